The largest absolute Gasteiger partial charge is 0.379 e. The van der Waals surface area contributed by atoms with Crippen molar-refractivity contribution in [3.05, 3.63) is 0 Å². The molecule has 32 valence electrons. The molecule has 0 aliphatic heterocycles. The fraction of sp³-hybridized carbons (Fsp3) is 1.00. The van der Waals surface area contributed by atoms with Crippen LogP contribution in [0.25, 0.3) is 0 Å². The monoisotopic (exact) mass is 93.0 g/mol. The van der Waals surface area contributed by atoms with Gasteiger partial charge >= 0.3 is 0 Å². The third kappa shape index (κ3) is 4.35. The fourth-order valence-electron chi connectivity index (χ4n) is 0.0833. The van der Waals surface area contributed by atoms with E-state index in [1.165, 1.54) is 0 Å². The molecule has 0 spiro atoms. The van der Waals surface area contributed by atoms with Gasteiger partial charge in [0, 0.05) is 7.11 Å². The number of rotatable bonds is 2. The number of nitrogens with two attached hydrogens (primary N) is 1. The first-order valence-corrected chi connectivity index (χ1v) is 2.62. The first kappa shape index (κ1) is 5.35. The van der Waals surface area contributed by atoms with E-state index >= 15 is 0 Å². The molecule has 0 amide bonds. The Hall–Kier alpha value is 0.350. The molecule has 0 radical (unpaired) electrons. The van der Waals surface area contributed by atoms with Crippen LogP contribution in [0.4, 0.5) is 0 Å². The molecular formula is C2H8NOP. The lowest BCUT2D eigenvalue weighted by Gasteiger charge is -1.85. The smallest absolute Gasteiger partial charge is 0.0760 e. The van der Waals surface area contributed by atoms with Crippen molar-refractivity contribution in [2.24, 2.45) is 5.50 Å². The zero-order chi connectivity index (χ0) is 4.12. The van der Waals surface area contributed by atoms with Crippen LogP contribution in [-0.2, 0) is 4.74 Å². The Morgan fingerprint density at radius 2 is 2.60 bits per heavy atom. The molecule has 2 N–H and O–H groups in total. The van der Waals surface area contributed by atoms with Crippen molar-refractivity contribution in [3.63, 3.8) is 0 Å². The molecule has 0 saturated heterocycles. The van der Waals surface area contributed by atoms with Crippen molar-refractivity contribution in [3.8, 4) is 0 Å². The standard InChI is InChI=1S/C2H8NOP/c1-4-2-5-3/h5H,2-3H2,1H3. The molecule has 0 aliphatic carbocycles. The van der Waals surface area contributed by atoms with Crippen LogP contribution < -0.4 is 5.50 Å². The zero-order valence-electron chi connectivity index (χ0n) is 3.19. The normalized spacial score (nSPS) is 10.8. The van der Waals surface area contributed by atoms with E-state index in [1.54, 1.807) is 7.11 Å². The van der Waals surface area contributed by atoms with Crippen LogP contribution in [0.3, 0.4) is 0 Å². The molecule has 0 heterocycles. The molecule has 2 nitrogen and oxygen atoms in total. The Balaban J connectivity index is 2.19. The van der Waals surface area contributed by atoms with E-state index in [4.69, 9.17) is 5.50 Å². The summed E-state index contributed by atoms with van der Waals surface area (Å²) in [6.45, 7) is 0. The molecule has 0 aromatic rings. The van der Waals surface area contributed by atoms with Crippen molar-refractivity contribution in [1.29, 1.82) is 0 Å². The second kappa shape index (κ2) is 4.35. The number of hydrogen-bond donors (Lipinski definition) is 1. The van der Waals surface area contributed by atoms with Gasteiger partial charge in [-0.25, -0.2) is 0 Å². The first-order chi connectivity index (χ1) is 2.41. The lowest BCUT2D eigenvalue weighted by atomic mass is 11.5. The zero-order valence-corrected chi connectivity index (χ0v) is 4.19. The van der Waals surface area contributed by atoms with Crippen molar-refractivity contribution in [2.45, 2.75) is 0 Å². The minimum absolute atomic E-state index is 0.436. The second-order valence-corrected chi connectivity index (χ2v) is 1.33. The Labute approximate surface area is 33.5 Å². The maximum absolute atomic E-state index is 5.04. The number of methoxy groups -OCH3 is 1. The summed E-state index contributed by atoms with van der Waals surface area (Å²) in [5, 5.41) is 0. The predicted molar refractivity (Wildman–Crippen MR) is 24.4 cm³/mol. The molecule has 1 unspecified atom stereocenters. The quantitative estimate of drug-likeness (QED) is 0.493. The van der Waals surface area contributed by atoms with Gasteiger partial charge in [-0.15, -0.1) is 0 Å². The Kier molecular flexibility index (Phi) is 4.65. The van der Waals surface area contributed by atoms with Crippen LogP contribution in [0, 0.1) is 0 Å². The average molecular weight is 93.1 g/mol. The van der Waals surface area contributed by atoms with Gasteiger partial charge in [0.15, 0.2) is 0 Å². The molecule has 5 heavy (non-hydrogen) atoms. The maximum atomic E-state index is 5.04. The van der Waals surface area contributed by atoms with Gasteiger partial charge in [0.25, 0.3) is 0 Å². The van der Waals surface area contributed by atoms with Gasteiger partial charge in [0.1, 0.15) is 0 Å². The van der Waals surface area contributed by atoms with E-state index in [0.29, 0.717) is 15.1 Å². The van der Waals surface area contributed by atoms with E-state index in [9.17, 15) is 0 Å². The maximum Gasteiger partial charge on any atom is 0.0760 e. The molecule has 0 saturated carbocycles. The van der Waals surface area contributed by atoms with Crippen LogP contribution in [0.15, 0.2) is 0 Å². The summed E-state index contributed by atoms with van der Waals surface area (Å²) in [4.78, 5) is 0. The summed E-state index contributed by atoms with van der Waals surface area (Å²) in [5.74, 6) is 0. The summed E-state index contributed by atoms with van der Waals surface area (Å²) in [6.07, 6.45) is 0.694. The molecule has 0 aliphatic rings. The van der Waals surface area contributed by atoms with E-state index in [1.807, 2.05) is 0 Å². The highest BCUT2D eigenvalue weighted by Gasteiger charge is 1.65. The minimum Gasteiger partial charge on any atom is -0.379 e. The van der Waals surface area contributed by atoms with Gasteiger partial charge in [-0.1, -0.05) is 0 Å². The summed E-state index contributed by atoms with van der Waals surface area (Å²) in [6, 6.07) is 0. The van der Waals surface area contributed by atoms with Gasteiger partial charge in [0.05, 0.1) is 6.35 Å². The summed E-state index contributed by atoms with van der Waals surface area (Å²) < 4.78 is 4.58. The van der Waals surface area contributed by atoms with E-state index in [0.717, 1.165) is 0 Å². The summed E-state index contributed by atoms with van der Waals surface area (Å²) in [7, 11) is 2.07. The third-order valence-corrected chi connectivity index (χ3v) is 0.683. The highest BCUT2D eigenvalue weighted by atomic mass is 31.1. The average Bonchev–Trinajstić information content (AvgIpc) is 1.41. The van der Waals surface area contributed by atoms with Gasteiger partial charge in [0.2, 0.25) is 0 Å². The van der Waals surface area contributed by atoms with Gasteiger partial charge in [-0.2, -0.15) is 0 Å². The van der Waals surface area contributed by atoms with Crippen molar-refractivity contribution >= 4 is 8.73 Å². The van der Waals surface area contributed by atoms with Gasteiger partial charge < -0.3 is 10.2 Å². The van der Waals surface area contributed by atoms with Gasteiger partial charge in [-0.3, -0.25) is 0 Å². The molecule has 0 fully saturated rings. The lowest BCUT2D eigenvalue weighted by Crippen LogP contribution is -1.81. The molecular weight excluding hydrogens is 85.0 g/mol. The Morgan fingerprint density at radius 3 is 2.60 bits per heavy atom. The topological polar surface area (TPSA) is 35.2 Å². The third-order valence-electron chi connectivity index (χ3n) is 0.228. The highest BCUT2D eigenvalue weighted by Crippen LogP contribution is 1.90. The molecule has 1 atom stereocenters. The van der Waals surface area contributed by atoms with E-state index < -0.39 is 0 Å². The predicted octanol–water partition coefficient (Wildman–Crippen LogP) is 0.143. The minimum atomic E-state index is 0.436. The Morgan fingerprint density at radius 1 is 2.00 bits per heavy atom. The van der Waals surface area contributed by atoms with Crippen LogP contribution >= 0.6 is 8.73 Å². The van der Waals surface area contributed by atoms with Crippen LogP contribution in [0.5, 0.6) is 0 Å². The SMILES string of the molecule is COCPN. The number of ether oxygens (including phenoxy) is 1. The van der Waals surface area contributed by atoms with Crippen molar-refractivity contribution in [2.75, 3.05) is 13.5 Å². The fourth-order valence-corrected chi connectivity index (χ4v) is 0.250. The molecule has 3 heteroatoms. The van der Waals surface area contributed by atoms with Crippen LogP contribution in [0.1, 0.15) is 0 Å². The summed E-state index contributed by atoms with van der Waals surface area (Å²) in [5.41, 5.74) is 5.04. The van der Waals surface area contributed by atoms with Gasteiger partial charge in [-0.05, 0) is 8.73 Å². The first-order valence-electron chi connectivity index (χ1n) is 1.34. The van der Waals surface area contributed by atoms with Crippen molar-refractivity contribution < 1.29 is 4.74 Å². The Bertz CT molecular complexity index is 17.1. The number of hydrogen-bond acceptors (Lipinski definition) is 2. The molecule has 0 aromatic heterocycles. The van der Waals surface area contributed by atoms with Crippen molar-refractivity contribution in [1.82, 2.24) is 0 Å². The van der Waals surface area contributed by atoms with E-state index in [2.05, 4.69) is 4.74 Å². The van der Waals surface area contributed by atoms with Crippen LogP contribution in [0.2, 0.25) is 0 Å². The lowest BCUT2D eigenvalue weighted by molar-refractivity contribution is 0.256. The second-order valence-electron chi connectivity index (χ2n) is 0.637. The molecule has 0 rings (SSSR count). The molecule has 0 aromatic carbocycles. The molecule has 0 bridgehead atoms. The van der Waals surface area contributed by atoms with Crippen LogP contribution in [-0.4, -0.2) is 13.5 Å². The highest BCUT2D eigenvalue weighted by molar-refractivity contribution is 7.34. The summed E-state index contributed by atoms with van der Waals surface area (Å²) >= 11 is 0. The van der Waals surface area contributed by atoms with E-state index in [-0.39, 0.29) is 0 Å².